The molecule has 7 heteroatoms. The van der Waals surface area contributed by atoms with Gasteiger partial charge in [-0.25, -0.2) is 8.42 Å². The average molecular weight is 297 g/mol. The van der Waals surface area contributed by atoms with Crippen LogP contribution in [0.15, 0.2) is 27.6 Å². The van der Waals surface area contributed by atoms with Crippen molar-refractivity contribution in [3.63, 3.8) is 0 Å². The van der Waals surface area contributed by atoms with E-state index in [2.05, 4.69) is 15.9 Å². The van der Waals surface area contributed by atoms with Crippen molar-refractivity contribution in [2.45, 2.75) is 10.2 Å². The fraction of sp³-hybridized carbons (Fsp3) is 0.125. The molecule has 1 aromatic carbocycles. The Morgan fingerprint density at radius 3 is 2.40 bits per heavy atom. The first kappa shape index (κ1) is 10.7. The zero-order valence-corrected chi connectivity index (χ0v) is 9.40. The highest BCUT2D eigenvalue weighted by Crippen LogP contribution is 2.43. The summed E-state index contributed by atoms with van der Waals surface area (Å²) < 4.78 is 48.9. The summed E-state index contributed by atoms with van der Waals surface area (Å²) >= 11 is 2.87. The van der Waals surface area contributed by atoms with E-state index in [0.717, 1.165) is 6.07 Å². The Morgan fingerprint density at radius 2 is 1.87 bits per heavy atom. The molecule has 1 heterocycles. The average Bonchev–Trinajstić information content (AvgIpc) is 2.27. The van der Waals surface area contributed by atoms with Crippen LogP contribution in [0, 0.1) is 0 Å². The second kappa shape index (κ2) is 2.85. The van der Waals surface area contributed by atoms with E-state index in [9.17, 15) is 22.0 Å². The third-order valence-corrected chi connectivity index (χ3v) is 4.53. The van der Waals surface area contributed by atoms with Gasteiger partial charge in [0.2, 0.25) is 0 Å². The minimum Gasteiger partial charge on any atom is -0.286 e. The van der Waals surface area contributed by atoms with Gasteiger partial charge in [0.15, 0.2) is 0 Å². The van der Waals surface area contributed by atoms with Gasteiger partial charge in [-0.3, -0.25) is 4.79 Å². The van der Waals surface area contributed by atoms with E-state index in [0.29, 0.717) is 0 Å². The monoisotopic (exact) mass is 296 g/mol. The molecular weight excluding hydrogens is 294 g/mol. The molecule has 0 spiro atoms. The van der Waals surface area contributed by atoms with Crippen LogP contribution >= 0.6 is 15.9 Å². The first-order valence-corrected chi connectivity index (χ1v) is 6.03. The number of alkyl halides is 2. The van der Waals surface area contributed by atoms with E-state index >= 15 is 0 Å². The molecule has 0 atom stereocenters. The van der Waals surface area contributed by atoms with Gasteiger partial charge in [0.1, 0.15) is 0 Å². The lowest BCUT2D eigenvalue weighted by molar-refractivity contribution is 0.0548. The van der Waals surface area contributed by atoms with Crippen LogP contribution in [0.3, 0.4) is 0 Å². The number of fused-ring (bicyclic) bond motifs is 1. The van der Waals surface area contributed by atoms with Crippen molar-refractivity contribution in [3.05, 3.63) is 28.2 Å². The number of halogens is 3. The molecular formula is C8H3BrF2O3S. The SMILES string of the molecule is O=C1c2c(Br)cccc2S(=O)(=O)C1(F)F. The molecule has 2 rings (SSSR count). The van der Waals surface area contributed by atoms with Crippen LogP contribution in [0.1, 0.15) is 10.4 Å². The molecule has 0 saturated carbocycles. The van der Waals surface area contributed by atoms with E-state index in [-0.39, 0.29) is 4.47 Å². The van der Waals surface area contributed by atoms with Crippen LogP contribution in [-0.4, -0.2) is 19.5 Å². The number of ketones is 1. The molecule has 0 N–H and O–H groups in total. The fourth-order valence-corrected chi connectivity index (χ4v) is 3.38. The molecule has 0 amide bonds. The molecule has 0 unspecified atom stereocenters. The van der Waals surface area contributed by atoms with Gasteiger partial charge in [-0.2, -0.15) is 8.78 Å². The summed E-state index contributed by atoms with van der Waals surface area (Å²) in [5.41, 5.74) is -0.470. The Balaban J connectivity index is 2.93. The Hall–Kier alpha value is -0.820. The van der Waals surface area contributed by atoms with E-state index in [1.165, 1.54) is 12.1 Å². The molecule has 0 aliphatic carbocycles. The zero-order chi connectivity index (χ0) is 11.4. The maximum atomic E-state index is 13.1. The van der Waals surface area contributed by atoms with Gasteiger partial charge in [0, 0.05) is 4.47 Å². The Kier molecular flexibility index (Phi) is 2.03. The molecule has 80 valence electrons. The normalized spacial score (nSPS) is 21.4. The van der Waals surface area contributed by atoms with E-state index < -0.39 is 31.3 Å². The lowest BCUT2D eigenvalue weighted by Gasteiger charge is -2.04. The predicted molar refractivity (Wildman–Crippen MR) is 50.6 cm³/mol. The van der Waals surface area contributed by atoms with Crippen molar-refractivity contribution >= 4 is 31.6 Å². The largest absolute Gasteiger partial charge is 0.411 e. The summed E-state index contributed by atoms with van der Waals surface area (Å²) in [5, 5.41) is -4.35. The van der Waals surface area contributed by atoms with Gasteiger partial charge in [-0.1, -0.05) is 6.07 Å². The summed E-state index contributed by atoms with van der Waals surface area (Å²) in [5.74, 6) is -1.68. The predicted octanol–water partition coefficient (Wildman–Crippen LogP) is 2.01. The van der Waals surface area contributed by atoms with Crippen molar-refractivity contribution in [2.24, 2.45) is 0 Å². The van der Waals surface area contributed by atoms with Gasteiger partial charge in [-0.15, -0.1) is 0 Å². The highest BCUT2D eigenvalue weighted by atomic mass is 79.9. The van der Waals surface area contributed by atoms with Gasteiger partial charge >= 0.3 is 5.25 Å². The molecule has 15 heavy (non-hydrogen) atoms. The van der Waals surface area contributed by atoms with Crippen molar-refractivity contribution in [1.82, 2.24) is 0 Å². The summed E-state index contributed by atoms with van der Waals surface area (Å²) in [4.78, 5) is 10.6. The smallest absolute Gasteiger partial charge is 0.286 e. The fourth-order valence-electron chi connectivity index (χ4n) is 1.35. The zero-order valence-electron chi connectivity index (χ0n) is 7.00. The third kappa shape index (κ3) is 1.13. The molecule has 1 aliphatic rings. The molecule has 0 bridgehead atoms. The van der Waals surface area contributed by atoms with Crippen LogP contribution in [0.25, 0.3) is 0 Å². The van der Waals surface area contributed by atoms with E-state index in [1.54, 1.807) is 0 Å². The number of rotatable bonds is 0. The van der Waals surface area contributed by atoms with E-state index in [1.807, 2.05) is 0 Å². The highest BCUT2D eigenvalue weighted by Gasteiger charge is 2.61. The van der Waals surface area contributed by atoms with Crippen molar-refractivity contribution in [2.75, 3.05) is 0 Å². The second-order valence-electron chi connectivity index (χ2n) is 2.96. The Labute approximate surface area is 92.1 Å². The number of carbonyl (C=O) groups is 1. The minimum atomic E-state index is -4.87. The topological polar surface area (TPSA) is 51.2 Å². The highest BCUT2D eigenvalue weighted by molar-refractivity contribution is 9.10. The van der Waals surface area contributed by atoms with Crippen LogP contribution in [0.5, 0.6) is 0 Å². The van der Waals surface area contributed by atoms with E-state index in [4.69, 9.17) is 0 Å². The molecule has 0 fully saturated rings. The quantitative estimate of drug-likeness (QED) is 0.736. The van der Waals surface area contributed by atoms with Crippen LogP contribution < -0.4 is 0 Å². The Morgan fingerprint density at radius 1 is 1.27 bits per heavy atom. The number of hydrogen-bond donors (Lipinski definition) is 0. The number of sulfone groups is 1. The van der Waals surface area contributed by atoms with Crippen molar-refractivity contribution in [3.8, 4) is 0 Å². The first-order valence-electron chi connectivity index (χ1n) is 3.76. The number of Topliss-reactive ketones (excluding diaryl/α,β-unsaturated/α-hetero) is 1. The summed E-state index contributed by atoms with van der Waals surface area (Å²) in [6.45, 7) is 0. The maximum absolute atomic E-state index is 13.1. The van der Waals surface area contributed by atoms with Crippen molar-refractivity contribution < 1.29 is 22.0 Å². The first-order chi connectivity index (χ1) is 6.80. The lowest BCUT2D eigenvalue weighted by Crippen LogP contribution is -2.30. The van der Waals surface area contributed by atoms with Crippen LogP contribution in [0.2, 0.25) is 0 Å². The summed E-state index contributed by atoms with van der Waals surface area (Å²) in [6.07, 6.45) is 0. The van der Waals surface area contributed by atoms with Gasteiger partial charge in [0.25, 0.3) is 15.6 Å². The van der Waals surface area contributed by atoms with Gasteiger partial charge in [-0.05, 0) is 28.1 Å². The minimum absolute atomic E-state index is 0.0609. The molecule has 3 nitrogen and oxygen atoms in total. The number of carbonyl (C=O) groups excluding carboxylic acids is 1. The standard InChI is InChI=1S/C8H3BrF2O3S/c9-4-2-1-3-5-6(4)7(12)8(10,11)15(5,13)14/h1-3H. The molecule has 0 aromatic heterocycles. The number of hydrogen-bond acceptors (Lipinski definition) is 3. The lowest BCUT2D eigenvalue weighted by atomic mass is 10.1. The summed E-state index contributed by atoms with van der Waals surface area (Å²) in [7, 11) is -4.87. The second-order valence-corrected chi connectivity index (χ2v) is 5.78. The molecule has 1 aromatic rings. The number of benzene rings is 1. The molecule has 0 saturated heterocycles. The molecule has 1 aliphatic heterocycles. The molecule has 0 radical (unpaired) electrons. The van der Waals surface area contributed by atoms with Gasteiger partial charge in [0.05, 0.1) is 10.5 Å². The third-order valence-electron chi connectivity index (χ3n) is 2.09. The van der Waals surface area contributed by atoms with Crippen molar-refractivity contribution in [1.29, 1.82) is 0 Å². The maximum Gasteiger partial charge on any atom is 0.411 e. The van der Waals surface area contributed by atoms with Gasteiger partial charge < -0.3 is 0 Å². The Bertz CT molecular complexity index is 565. The van der Waals surface area contributed by atoms with Crippen LogP contribution in [0.4, 0.5) is 8.78 Å². The van der Waals surface area contributed by atoms with Crippen LogP contribution in [-0.2, 0) is 9.84 Å². The summed E-state index contributed by atoms with van der Waals surface area (Å²) in [6, 6.07) is 3.62.